The highest BCUT2D eigenvalue weighted by Crippen LogP contribution is 2.38. The number of carbonyl (C=O) groups is 4. The van der Waals surface area contributed by atoms with E-state index in [1.807, 2.05) is 60.7 Å². The monoisotopic (exact) mass is 502 g/mol. The van der Waals surface area contributed by atoms with E-state index in [1.54, 1.807) is 24.3 Å². The molecule has 0 radical (unpaired) electrons. The summed E-state index contributed by atoms with van der Waals surface area (Å²) in [6.45, 7) is 0.591. The second kappa shape index (κ2) is 9.71. The molecule has 4 amide bonds. The van der Waals surface area contributed by atoms with Crippen LogP contribution in [-0.4, -0.2) is 46.5 Å². The first-order valence-electron chi connectivity index (χ1n) is 12.9. The maximum Gasteiger partial charge on any atom is 0.261 e. The number of benzene rings is 4. The van der Waals surface area contributed by atoms with Crippen LogP contribution in [0.1, 0.15) is 65.4 Å². The van der Waals surface area contributed by atoms with Gasteiger partial charge in [-0.2, -0.15) is 0 Å². The molecule has 38 heavy (non-hydrogen) atoms. The lowest BCUT2D eigenvalue weighted by Gasteiger charge is -2.32. The van der Waals surface area contributed by atoms with Crippen molar-refractivity contribution < 1.29 is 19.2 Å². The Labute approximate surface area is 220 Å². The van der Waals surface area contributed by atoms with Crippen LogP contribution in [0.3, 0.4) is 0 Å². The van der Waals surface area contributed by atoms with Crippen molar-refractivity contribution in [3.8, 4) is 0 Å². The Hall–Kier alpha value is -4.58. The highest BCUT2D eigenvalue weighted by molar-refractivity contribution is 6.33. The normalized spacial score (nSPS) is 14.5. The molecule has 6 nitrogen and oxygen atoms in total. The van der Waals surface area contributed by atoms with Crippen LogP contribution < -0.4 is 0 Å². The summed E-state index contributed by atoms with van der Waals surface area (Å²) in [7, 11) is 0. The van der Waals surface area contributed by atoms with E-state index in [2.05, 4.69) is 0 Å². The second-order valence-electron chi connectivity index (χ2n) is 9.77. The van der Waals surface area contributed by atoms with E-state index >= 15 is 0 Å². The predicted octanol–water partition coefficient (Wildman–Crippen LogP) is 5.30. The van der Waals surface area contributed by atoms with Gasteiger partial charge in [-0.25, -0.2) is 0 Å². The number of hydrogen-bond donors (Lipinski definition) is 0. The van der Waals surface area contributed by atoms with Gasteiger partial charge in [-0.15, -0.1) is 0 Å². The van der Waals surface area contributed by atoms with E-state index in [9.17, 15) is 19.2 Å². The average molecular weight is 503 g/mol. The van der Waals surface area contributed by atoms with Gasteiger partial charge in [0.2, 0.25) is 0 Å². The van der Waals surface area contributed by atoms with Gasteiger partial charge in [0.25, 0.3) is 23.6 Å². The predicted molar refractivity (Wildman–Crippen MR) is 144 cm³/mol. The van der Waals surface area contributed by atoms with Gasteiger partial charge in [0, 0.05) is 46.1 Å². The zero-order chi connectivity index (χ0) is 26.2. The Bertz CT molecular complexity index is 1400. The standard InChI is InChI=1S/C32H26N2O4/c35-29-23-15-17-25-28-26(32(38)34(31(25)37)20-8-14-22-11-5-2-6-12-22)18-16-24(27(23)28)30(36)33(29)19-7-13-21-9-3-1-4-10-21/h1-6,9-12,15-18H,7-8,13-14,19-20H2. The molecule has 0 spiro atoms. The molecule has 2 aliphatic heterocycles. The SMILES string of the molecule is O=C1c2ccc3c4c(ccc(c24)C(=O)N1CCCc1ccccc1)C(=O)N(CCCc1ccccc1)C3=O. The van der Waals surface area contributed by atoms with Crippen LogP contribution in [0.15, 0.2) is 84.9 Å². The molecule has 4 aromatic carbocycles. The molecule has 4 aromatic rings. The van der Waals surface area contributed by atoms with Gasteiger partial charge < -0.3 is 0 Å². The van der Waals surface area contributed by atoms with Crippen LogP contribution in [0.5, 0.6) is 0 Å². The van der Waals surface area contributed by atoms with Gasteiger partial charge in [0.1, 0.15) is 0 Å². The van der Waals surface area contributed by atoms with Crippen molar-refractivity contribution in [3.63, 3.8) is 0 Å². The number of aryl methyl sites for hydroxylation is 2. The van der Waals surface area contributed by atoms with Gasteiger partial charge in [-0.05, 0) is 61.1 Å². The summed E-state index contributed by atoms with van der Waals surface area (Å²) in [5.41, 5.74) is 3.73. The lowest BCUT2D eigenvalue weighted by atomic mass is 9.85. The summed E-state index contributed by atoms with van der Waals surface area (Å²) < 4.78 is 0. The number of rotatable bonds is 8. The van der Waals surface area contributed by atoms with E-state index in [1.165, 1.54) is 9.80 Å². The van der Waals surface area contributed by atoms with Crippen LogP contribution in [0.4, 0.5) is 0 Å². The minimum Gasteiger partial charge on any atom is -0.274 e. The summed E-state index contributed by atoms with van der Waals surface area (Å²) in [5.74, 6) is -1.54. The van der Waals surface area contributed by atoms with Crippen LogP contribution in [0.2, 0.25) is 0 Å². The minimum atomic E-state index is -0.385. The molecule has 0 aromatic heterocycles. The number of amides is 4. The van der Waals surface area contributed by atoms with Crippen LogP contribution in [0, 0.1) is 0 Å². The van der Waals surface area contributed by atoms with Crippen LogP contribution in [-0.2, 0) is 12.8 Å². The van der Waals surface area contributed by atoms with Crippen molar-refractivity contribution in [3.05, 3.63) is 118 Å². The highest BCUT2D eigenvalue weighted by atomic mass is 16.2. The first-order chi connectivity index (χ1) is 18.5. The summed E-state index contributed by atoms with van der Waals surface area (Å²) in [4.78, 5) is 56.2. The molecule has 0 saturated heterocycles. The van der Waals surface area contributed by atoms with Gasteiger partial charge >= 0.3 is 0 Å². The van der Waals surface area contributed by atoms with Crippen molar-refractivity contribution in [1.82, 2.24) is 9.80 Å². The van der Waals surface area contributed by atoms with E-state index < -0.39 is 0 Å². The fourth-order valence-corrected chi connectivity index (χ4v) is 5.55. The van der Waals surface area contributed by atoms with Crippen molar-refractivity contribution in [2.45, 2.75) is 25.7 Å². The fraction of sp³-hybridized carbons (Fsp3) is 0.188. The van der Waals surface area contributed by atoms with Crippen LogP contribution in [0.25, 0.3) is 10.8 Å². The first kappa shape index (κ1) is 23.8. The molecule has 6 rings (SSSR count). The summed E-state index contributed by atoms with van der Waals surface area (Å²) in [6, 6.07) is 26.4. The van der Waals surface area contributed by atoms with Crippen molar-refractivity contribution in [2.75, 3.05) is 13.1 Å². The molecule has 6 heteroatoms. The Kier molecular flexibility index (Phi) is 6.08. The fourth-order valence-electron chi connectivity index (χ4n) is 5.55. The second-order valence-corrected chi connectivity index (χ2v) is 9.77. The number of nitrogens with zero attached hydrogens (tertiary/aromatic N) is 2. The minimum absolute atomic E-state index is 0.296. The maximum absolute atomic E-state index is 13.4. The van der Waals surface area contributed by atoms with Crippen molar-refractivity contribution >= 4 is 34.4 Å². The average Bonchev–Trinajstić information content (AvgIpc) is 2.95. The van der Waals surface area contributed by atoms with E-state index in [4.69, 9.17) is 0 Å². The summed E-state index contributed by atoms with van der Waals surface area (Å²) in [5, 5.41) is 0.833. The van der Waals surface area contributed by atoms with Crippen molar-refractivity contribution in [2.24, 2.45) is 0 Å². The molecule has 0 N–H and O–H groups in total. The van der Waals surface area contributed by atoms with E-state index in [-0.39, 0.29) is 23.6 Å². The van der Waals surface area contributed by atoms with E-state index in [0.717, 1.165) is 24.0 Å². The molecular formula is C32H26N2O4. The van der Waals surface area contributed by atoms with Gasteiger partial charge in [-0.3, -0.25) is 29.0 Å². The Morgan fingerprint density at radius 2 is 0.737 bits per heavy atom. The molecule has 0 unspecified atom stereocenters. The molecule has 188 valence electrons. The first-order valence-corrected chi connectivity index (χ1v) is 12.9. The largest absolute Gasteiger partial charge is 0.274 e. The summed E-state index contributed by atoms with van der Waals surface area (Å²) in [6.07, 6.45) is 2.79. The van der Waals surface area contributed by atoms with Gasteiger partial charge in [0.15, 0.2) is 0 Å². The van der Waals surface area contributed by atoms with Gasteiger partial charge in [-0.1, -0.05) is 60.7 Å². The lowest BCUT2D eigenvalue weighted by molar-refractivity contribution is 0.0587. The highest BCUT2D eigenvalue weighted by Gasteiger charge is 2.39. The molecule has 0 fully saturated rings. The quantitative estimate of drug-likeness (QED) is 0.307. The lowest BCUT2D eigenvalue weighted by Crippen LogP contribution is -2.43. The Morgan fingerprint density at radius 3 is 1.05 bits per heavy atom. The molecule has 0 atom stereocenters. The molecule has 0 aliphatic carbocycles. The number of carbonyl (C=O) groups excluding carboxylic acids is 4. The third-order valence-corrected chi connectivity index (χ3v) is 7.44. The number of imide groups is 2. The Morgan fingerprint density at radius 1 is 0.421 bits per heavy atom. The topological polar surface area (TPSA) is 74.8 Å². The molecular weight excluding hydrogens is 476 g/mol. The maximum atomic E-state index is 13.4. The molecule has 0 bridgehead atoms. The zero-order valence-corrected chi connectivity index (χ0v) is 20.9. The van der Waals surface area contributed by atoms with Gasteiger partial charge in [0.05, 0.1) is 0 Å². The van der Waals surface area contributed by atoms with Crippen LogP contribution >= 0.6 is 0 Å². The van der Waals surface area contributed by atoms with E-state index in [0.29, 0.717) is 59.0 Å². The van der Waals surface area contributed by atoms with Crippen molar-refractivity contribution in [1.29, 1.82) is 0 Å². The third-order valence-electron chi connectivity index (χ3n) is 7.44. The third kappa shape index (κ3) is 3.98. The molecule has 2 aliphatic rings. The summed E-state index contributed by atoms with van der Waals surface area (Å²) >= 11 is 0. The smallest absolute Gasteiger partial charge is 0.261 e. The Balaban J connectivity index is 1.27. The number of hydrogen-bond acceptors (Lipinski definition) is 4. The molecule has 0 saturated carbocycles. The zero-order valence-electron chi connectivity index (χ0n) is 20.9. The molecule has 2 heterocycles.